The summed E-state index contributed by atoms with van der Waals surface area (Å²) >= 11 is 0. The van der Waals surface area contributed by atoms with E-state index in [0.29, 0.717) is 11.4 Å². The fraction of sp³-hybridized carbons (Fsp3) is 0.381. The highest BCUT2D eigenvalue weighted by Gasteiger charge is 2.24. The van der Waals surface area contributed by atoms with Crippen molar-refractivity contribution in [2.45, 2.75) is 39.7 Å². The fourth-order valence-electron chi connectivity index (χ4n) is 2.60. The van der Waals surface area contributed by atoms with Gasteiger partial charge in [0, 0.05) is 23.7 Å². The van der Waals surface area contributed by atoms with Gasteiger partial charge in [-0.3, -0.25) is 14.4 Å². The van der Waals surface area contributed by atoms with E-state index in [1.165, 1.54) is 30.3 Å². The molecule has 1 unspecified atom stereocenters. The van der Waals surface area contributed by atoms with Crippen LogP contribution in [0.3, 0.4) is 0 Å². The highest BCUT2D eigenvalue weighted by molar-refractivity contribution is 6.03. The molecule has 2 amide bonds. The van der Waals surface area contributed by atoms with Crippen molar-refractivity contribution in [1.82, 2.24) is 10.5 Å². The average molecular weight is 431 g/mol. The molecule has 0 saturated carbocycles. The molecule has 166 valence electrons. The lowest BCUT2D eigenvalue weighted by Crippen LogP contribution is -2.42. The number of esters is 2. The minimum Gasteiger partial charge on any atom is -0.466 e. The van der Waals surface area contributed by atoms with Crippen LogP contribution in [-0.2, 0) is 19.1 Å². The number of nitrogens with one attached hydrogen (secondary N) is 2. The minimum atomic E-state index is -0.994. The highest BCUT2D eigenvalue weighted by atomic mass is 16.5. The summed E-state index contributed by atoms with van der Waals surface area (Å²) in [7, 11) is 0. The van der Waals surface area contributed by atoms with E-state index in [2.05, 4.69) is 15.8 Å². The monoisotopic (exact) mass is 431 g/mol. The molecule has 0 fully saturated rings. The van der Waals surface area contributed by atoms with E-state index in [-0.39, 0.29) is 37.3 Å². The van der Waals surface area contributed by atoms with Crippen LogP contribution < -0.4 is 10.6 Å². The summed E-state index contributed by atoms with van der Waals surface area (Å²) in [5, 5.41) is 8.85. The normalized spacial score (nSPS) is 11.3. The summed E-state index contributed by atoms with van der Waals surface area (Å²) < 4.78 is 14.7. The van der Waals surface area contributed by atoms with Crippen LogP contribution in [0.25, 0.3) is 0 Å². The third-order valence-electron chi connectivity index (χ3n) is 4.08. The molecular weight excluding hydrogens is 406 g/mol. The number of aromatic nitrogens is 1. The number of hydrogen-bond donors (Lipinski definition) is 2. The van der Waals surface area contributed by atoms with Crippen molar-refractivity contribution in [3.05, 3.63) is 47.3 Å². The number of anilines is 1. The number of amides is 2. The first-order valence-electron chi connectivity index (χ1n) is 9.81. The number of nitrogens with zero attached hydrogens (tertiary/aromatic N) is 1. The molecule has 10 heteroatoms. The number of ether oxygens (including phenoxy) is 2. The van der Waals surface area contributed by atoms with Crippen LogP contribution in [-0.4, -0.2) is 48.2 Å². The first-order chi connectivity index (χ1) is 14.8. The van der Waals surface area contributed by atoms with Crippen molar-refractivity contribution < 1.29 is 33.2 Å². The lowest BCUT2D eigenvalue weighted by atomic mass is 10.1. The van der Waals surface area contributed by atoms with Gasteiger partial charge in [-0.05, 0) is 51.5 Å². The zero-order valence-corrected chi connectivity index (χ0v) is 17.6. The molecule has 0 spiro atoms. The molecule has 0 bridgehead atoms. The number of rotatable bonds is 10. The molecule has 1 aromatic heterocycles. The van der Waals surface area contributed by atoms with Gasteiger partial charge in [-0.2, -0.15) is 0 Å². The summed E-state index contributed by atoms with van der Waals surface area (Å²) in [6.07, 6.45) is 0.0127. The predicted molar refractivity (Wildman–Crippen MR) is 109 cm³/mol. The summed E-state index contributed by atoms with van der Waals surface area (Å²) in [6, 6.07) is 6.57. The van der Waals surface area contributed by atoms with Crippen LogP contribution in [0, 0.1) is 6.92 Å². The maximum atomic E-state index is 12.5. The number of aryl methyl sites for hydroxylation is 1. The Kier molecular flexibility index (Phi) is 8.74. The van der Waals surface area contributed by atoms with Gasteiger partial charge >= 0.3 is 11.9 Å². The Morgan fingerprint density at radius 2 is 1.71 bits per heavy atom. The molecule has 10 nitrogen and oxygen atoms in total. The number of hydrogen-bond acceptors (Lipinski definition) is 8. The summed E-state index contributed by atoms with van der Waals surface area (Å²) in [5.41, 5.74) is 0.852. The van der Waals surface area contributed by atoms with E-state index < -0.39 is 29.8 Å². The van der Waals surface area contributed by atoms with Gasteiger partial charge in [-0.1, -0.05) is 5.16 Å². The van der Waals surface area contributed by atoms with Crippen molar-refractivity contribution in [3.8, 4) is 0 Å². The van der Waals surface area contributed by atoms with Crippen molar-refractivity contribution >= 4 is 29.4 Å². The van der Waals surface area contributed by atoms with E-state index in [9.17, 15) is 19.2 Å². The Morgan fingerprint density at radius 1 is 1.03 bits per heavy atom. The van der Waals surface area contributed by atoms with E-state index in [1.807, 2.05) is 0 Å². The quantitative estimate of drug-likeness (QED) is 0.547. The predicted octanol–water partition coefficient (Wildman–Crippen LogP) is 2.24. The van der Waals surface area contributed by atoms with Crippen molar-refractivity contribution in [3.63, 3.8) is 0 Å². The molecule has 1 heterocycles. The van der Waals surface area contributed by atoms with Gasteiger partial charge in [-0.15, -0.1) is 0 Å². The molecule has 0 aliphatic heterocycles. The van der Waals surface area contributed by atoms with E-state index in [4.69, 9.17) is 14.0 Å². The maximum Gasteiger partial charge on any atom is 0.328 e. The van der Waals surface area contributed by atoms with Crippen LogP contribution in [0.1, 0.15) is 53.3 Å². The second-order valence-corrected chi connectivity index (χ2v) is 6.48. The van der Waals surface area contributed by atoms with Crippen LogP contribution in [0.4, 0.5) is 5.69 Å². The first kappa shape index (κ1) is 23.6. The van der Waals surface area contributed by atoms with Crippen molar-refractivity contribution in [2.75, 3.05) is 18.5 Å². The van der Waals surface area contributed by atoms with Gasteiger partial charge in [0.1, 0.15) is 11.8 Å². The van der Waals surface area contributed by atoms with Gasteiger partial charge in [0.15, 0.2) is 5.69 Å². The highest BCUT2D eigenvalue weighted by Crippen LogP contribution is 2.13. The van der Waals surface area contributed by atoms with Gasteiger partial charge in [0.25, 0.3) is 11.8 Å². The summed E-state index contributed by atoms with van der Waals surface area (Å²) in [5.74, 6) is -1.56. The Bertz CT molecular complexity index is 921. The number of benzene rings is 1. The third-order valence-corrected chi connectivity index (χ3v) is 4.08. The SMILES string of the molecule is CCOC(=O)CCC(NC(=O)c1ccc(NC(=O)c2cc(C)on2)cc1)C(=O)OCC. The van der Waals surface area contributed by atoms with Crippen molar-refractivity contribution in [1.29, 1.82) is 0 Å². The zero-order valence-electron chi connectivity index (χ0n) is 17.6. The van der Waals surface area contributed by atoms with Gasteiger partial charge in [0.05, 0.1) is 13.2 Å². The molecule has 0 aliphatic rings. The zero-order chi connectivity index (χ0) is 22.8. The Labute approximate surface area is 179 Å². The summed E-state index contributed by atoms with van der Waals surface area (Å²) in [4.78, 5) is 48.4. The smallest absolute Gasteiger partial charge is 0.328 e. The van der Waals surface area contributed by atoms with E-state index in [1.54, 1.807) is 20.8 Å². The number of carbonyl (C=O) groups is 4. The minimum absolute atomic E-state index is 0.0376. The number of carbonyl (C=O) groups excluding carboxylic acids is 4. The Hall–Kier alpha value is -3.69. The lowest BCUT2D eigenvalue weighted by molar-refractivity contribution is -0.146. The molecule has 1 aromatic carbocycles. The van der Waals surface area contributed by atoms with Gasteiger partial charge < -0.3 is 24.6 Å². The molecule has 0 aliphatic carbocycles. The van der Waals surface area contributed by atoms with Crippen LogP contribution in [0.15, 0.2) is 34.9 Å². The molecule has 2 aromatic rings. The molecule has 0 saturated heterocycles. The second kappa shape index (κ2) is 11.5. The molecule has 2 rings (SSSR count). The molecular formula is C21H25N3O7. The third kappa shape index (κ3) is 7.25. The van der Waals surface area contributed by atoms with E-state index in [0.717, 1.165) is 0 Å². The standard InChI is InChI=1S/C21H25N3O7/c1-4-29-18(25)11-10-16(21(28)30-5-2)23-19(26)14-6-8-15(9-7-14)22-20(27)17-12-13(3)31-24-17/h6-9,12,16H,4-5,10-11H2,1-3H3,(H,22,27)(H,23,26). The average Bonchev–Trinajstić information content (AvgIpc) is 3.18. The lowest BCUT2D eigenvalue weighted by Gasteiger charge is -2.17. The van der Waals surface area contributed by atoms with Crippen LogP contribution in [0.2, 0.25) is 0 Å². The molecule has 0 radical (unpaired) electrons. The Morgan fingerprint density at radius 3 is 2.29 bits per heavy atom. The first-order valence-corrected chi connectivity index (χ1v) is 9.81. The van der Waals surface area contributed by atoms with E-state index >= 15 is 0 Å². The molecule has 1 atom stereocenters. The fourth-order valence-corrected chi connectivity index (χ4v) is 2.60. The van der Waals surface area contributed by atoms with Gasteiger partial charge in [-0.25, -0.2) is 4.79 Å². The molecule has 31 heavy (non-hydrogen) atoms. The topological polar surface area (TPSA) is 137 Å². The largest absolute Gasteiger partial charge is 0.466 e. The summed E-state index contributed by atoms with van der Waals surface area (Å²) in [6.45, 7) is 5.38. The maximum absolute atomic E-state index is 12.5. The van der Waals surface area contributed by atoms with Gasteiger partial charge in [0.2, 0.25) is 0 Å². The second-order valence-electron chi connectivity index (χ2n) is 6.48. The van der Waals surface area contributed by atoms with Crippen LogP contribution >= 0.6 is 0 Å². The van der Waals surface area contributed by atoms with Crippen molar-refractivity contribution in [2.24, 2.45) is 0 Å². The Balaban J connectivity index is 1.99. The molecule has 2 N–H and O–H groups in total. The van der Waals surface area contributed by atoms with Crippen LogP contribution in [0.5, 0.6) is 0 Å².